The fraction of sp³-hybridized carbons (Fsp3) is 0.375. The maximum absolute atomic E-state index is 8.71. The first-order valence-electron chi connectivity index (χ1n) is 3.69. The summed E-state index contributed by atoms with van der Waals surface area (Å²) in [6.45, 7) is 0.0138. The Hall–Kier alpha value is -0.160. The zero-order valence-electron chi connectivity index (χ0n) is 6.98. The second-order valence-electron chi connectivity index (χ2n) is 2.63. The molecule has 1 atom stereocenters. The number of aliphatic hydroxyl groups excluding tert-OH is 1. The standard InChI is InChI=1S/C8H11BrN2O.ClH/c9-8-4-6(1-2-11-8)3-7(10)5-12;/h1-2,4,7,12H,3,5,10H2;1H. The normalized spacial score (nSPS) is 11.9. The predicted octanol–water partition coefficient (Wildman–Crippen LogP) is 1.13. The Morgan fingerprint density at radius 1 is 1.62 bits per heavy atom. The highest BCUT2D eigenvalue weighted by Gasteiger charge is 2.02. The van der Waals surface area contributed by atoms with Crippen LogP contribution in [0, 0.1) is 0 Å². The van der Waals surface area contributed by atoms with Crippen LogP contribution in [0.3, 0.4) is 0 Å². The number of hydrogen-bond acceptors (Lipinski definition) is 3. The minimum atomic E-state index is -0.181. The maximum Gasteiger partial charge on any atom is 0.106 e. The minimum Gasteiger partial charge on any atom is -0.395 e. The second kappa shape index (κ2) is 6.32. The van der Waals surface area contributed by atoms with Crippen molar-refractivity contribution in [2.45, 2.75) is 12.5 Å². The van der Waals surface area contributed by atoms with Crippen LogP contribution in [0.25, 0.3) is 0 Å². The number of pyridine rings is 1. The summed E-state index contributed by atoms with van der Waals surface area (Å²) in [5.41, 5.74) is 6.65. The maximum atomic E-state index is 8.71. The molecule has 0 radical (unpaired) electrons. The summed E-state index contributed by atoms with van der Waals surface area (Å²) in [5, 5.41) is 8.71. The average molecular weight is 268 g/mol. The van der Waals surface area contributed by atoms with E-state index >= 15 is 0 Å². The minimum absolute atomic E-state index is 0. The molecule has 0 aliphatic heterocycles. The predicted molar refractivity (Wildman–Crippen MR) is 58.0 cm³/mol. The first-order chi connectivity index (χ1) is 5.72. The van der Waals surface area contributed by atoms with Crippen LogP contribution >= 0.6 is 28.3 Å². The van der Waals surface area contributed by atoms with Gasteiger partial charge in [0.25, 0.3) is 0 Å². The summed E-state index contributed by atoms with van der Waals surface area (Å²) < 4.78 is 0.796. The Balaban J connectivity index is 0.00000144. The fourth-order valence-corrected chi connectivity index (χ4v) is 1.35. The largest absolute Gasteiger partial charge is 0.395 e. The van der Waals surface area contributed by atoms with Gasteiger partial charge in [-0.2, -0.15) is 0 Å². The van der Waals surface area contributed by atoms with Crippen molar-refractivity contribution in [3.63, 3.8) is 0 Å². The van der Waals surface area contributed by atoms with Gasteiger partial charge >= 0.3 is 0 Å². The molecule has 3 nitrogen and oxygen atoms in total. The zero-order valence-corrected chi connectivity index (χ0v) is 9.38. The summed E-state index contributed by atoms with van der Waals surface area (Å²) in [7, 11) is 0. The van der Waals surface area contributed by atoms with E-state index in [1.165, 1.54) is 0 Å². The Labute approximate surface area is 91.9 Å². The highest BCUT2D eigenvalue weighted by molar-refractivity contribution is 9.10. The molecule has 1 heterocycles. The van der Waals surface area contributed by atoms with Gasteiger partial charge in [0, 0.05) is 12.2 Å². The average Bonchev–Trinajstić information content (AvgIpc) is 2.04. The smallest absolute Gasteiger partial charge is 0.106 e. The van der Waals surface area contributed by atoms with Crippen molar-refractivity contribution in [3.05, 3.63) is 28.5 Å². The molecule has 1 unspecified atom stereocenters. The third-order valence-electron chi connectivity index (χ3n) is 1.52. The molecular formula is C8H12BrClN2O. The van der Waals surface area contributed by atoms with Crippen LogP contribution < -0.4 is 5.73 Å². The third-order valence-corrected chi connectivity index (χ3v) is 1.96. The molecule has 1 rings (SSSR count). The highest BCUT2D eigenvalue weighted by Crippen LogP contribution is 2.09. The van der Waals surface area contributed by atoms with E-state index in [1.807, 2.05) is 12.1 Å². The van der Waals surface area contributed by atoms with Gasteiger partial charge in [-0.15, -0.1) is 12.4 Å². The van der Waals surface area contributed by atoms with E-state index in [-0.39, 0.29) is 25.1 Å². The molecule has 13 heavy (non-hydrogen) atoms. The van der Waals surface area contributed by atoms with Crippen LogP contribution in [0.15, 0.2) is 22.9 Å². The first kappa shape index (κ1) is 12.8. The van der Waals surface area contributed by atoms with E-state index in [0.29, 0.717) is 6.42 Å². The lowest BCUT2D eigenvalue weighted by molar-refractivity contribution is 0.265. The van der Waals surface area contributed by atoms with Crippen molar-refractivity contribution < 1.29 is 5.11 Å². The molecule has 0 fully saturated rings. The molecule has 0 aliphatic carbocycles. The summed E-state index contributed by atoms with van der Waals surface area (Å²) in [6, 6.07) is 3.61. The lowest BCUT2D eigenvalue weighted by Gasteiger charge is -2.07. The Morgan fingerprint density at radius 2 is 2.31 bits per heavy atom. The van der Waals surface area contributed by atoms with Crippen LogP contribution in [0.2, 0.25) is 0 Å². The molecule has 0 saturated heterocycles. The van der Waals surface area contributed by atoms with Crippen molar-refractivity contribution in [2.24, 2.45) is 5.73 Å². The summed E-state index contributed by atoms with van der Waals surface area (Å²) in [6.07, 6.45) is 2.39. The van der Waals surface area contributed by atoms with E-state index in [4.69, 9.17) is 10.8 Å². The molecule has 1 aromatic heterocycles. The van der Waals surface area contributed by atoms with Gasteiger partial charge < -0.3 is 10.8 Å². The van der Waals surface area contributed by atoms with E-state index in [0.717, 1.165) is 10.2 Å². The van der Waals surface area contributed by atoms with E-state index in [1.54, 1.807) is 6.20 Å². The number of nitrogens with zero attached hydrogens (tertiary/aromatic N) is 1. The Bertz CT molecular complexity index is 260. The van der Waals surface area contributed by atoms with Gasteiger partial charge in [-0.05, 0) is 40.0 Å². The highest BCUT2D eigenvalue weighted by atomic mass is 79.9. The molecule has 74 valence electrons. The van der Waals surface area contributed by atoms with Crippen molar-refractivity contribution in [1.29, 1.82) is 0 Å². The molecule has 0 spiro atoms. The third kappa shape index (κ3) is 4.57. The van der Waals surface area contributed by atoms with Crippen LogP contribution in [-0.4, -0.2) is 22.7 Å². The fourth-order valence-electron chi connectivity index (χ4n) is 0.937. The van der Waals surface area contributed by atoms with Crippen molar-refractivity contribution in [2.75, 3.05) is 6.61 Å². The monoisotopic (exact) mass is 266 g/mol. The van der Waals surface area contributed by atoms with E-state index in [2.05, 4.69) is 20.9 Å². The number of rotatable bonds is 3. The van der Waals surface area contributed by atoms with Gasteiger partial charge in [-0.3, -0.25) is 0 Å². The molecule has 1 aromatic rings. The number of nitrogens with two attached hydrogens (primary N) is 1. The van der Waals surface area contributed by atoms with Gasteiger partial charge in [0.2, 0.25) is 0 Å². The zero-order chi connectivity index (χ0) is 8.97. The lowest BCUT2D eigenvalue weighted by atomic mass is 10.1. The number of aliphatic hydroxyl groups is 1. The summed E-state index contributed by atoms with van der Waals surface area (Å²) >= 11 is 3.26. The Kier molecular flexibility index (Phi) is 6.24. The summed E-state index contributed by atoms with van der Waals surface area (Å²) in [5.74, 6) is 0. The number of halogens is 2. The van der Waals surface area contributed by atoms with E-state index < -0.39 is 0 Å². The van der Waals surface area contributed by atoms with Gasteiger partial charge in [0.15, 0.2) is 0 Å². The van der Waals surface area contributed by atoms with Crippen molar-refractivity contribution in [1.82, 2.24) is 4.98 Å². The molecular weight excluding hydrogens is 255 g/mol. The molecule has 0 amide bonds. The van der Waals surface area contributed by atoms with Gasteiger partial charge in [0.1, 0.15) is 4.60 Å². The van der Waals surface area contributed by atoms with Crippen molar-refractivity contribution >= 4 is 28.3 Å². The van der Waals surface area contributed by atoms with Crippen LogP contribution in [0.5, 0.6) is 0 Å². The Morgan fingerprint density at radius 3 is 2.85 bits per heavy atom. The van der Waals surface area contributed by atoms with Crippen molar-refractivity contribution in [3.8, 4) is 0 Å². The van der Waals surface area contributed by atoms with Crippen LogP contribution in [0.4, 0.5) is 0 Å². The summed E-state index contributed by atoms with van der Waals surface area (Å²) in [4.78, 5) is 3.99. The molecule has 3 N–H and O–H groups in total. The SMILES string of the molecule is Cl.NC(CO)Cc1ccnc(Br)c1. The van der Waals surface area contributed by atoms with Gasteiger partial charge in [-0.25, -0.2) is 4.98 Å². The lowest BCUT2D eigenvalue weighted by Crippen LogP contribution is -2.26. The molecule has 0 aliphatic rings. The molecule has 0 aromatic carbocycles. The van der Waals surface area contributed by atoms with E-state index in [9.17, 15) is 0 Å². The first-order valence-corrected chi connectivity index (χ1v) is 4.48. The van der Waals surface area contributed by atoms with Gasteiger partial charge in [0.05, 0.1) is 6.61 Å². The van der Waals surface area contributed by atoms with Crippen LogP contribution in [0.1, 0.15) is 5.56 Å². The number of hydrogen-bond donors (Lipinski definition) is 2. The topological polar surface area (TPSA) is 59.1 Å². The van der Waals surface area contributed by atoms with Crippen LogP contribution in [-0.2, 0) is 6.42 Å². The molecule has 5 heteroatoms. The molecule has 0 bridgehead atoms. The molecule has 0 saturated carbocycles. The number of aromatic nitrogens is 1. The second-order valence-corrected chi connectivity index (χ2v) is 3.45. The van der Waals surface area contributed by atoms with Gasteiger partial charge in [-0.1, -0.05) is 0 Å². The quantitative estimate of drug-likeness (QED) is 0.807.